The topological polar surface area (TPSA) is 45.5 Å². The van der Waals surface area contributed by atoms with Gasteiger partial charge in [0.05, 0.1) is 24.1 Å². The molecule has 0 unspecified atom stereocenters. The molecule has 0 fully saturated rings. The number of carbonyl (C=O) groups is 1. The van der Waals surface area contributed by atoms with Gasteiger partial charge in [-0.2, -0.15) is 0 Å². The molecule has 1 N–H and O–H groups in total. The first-order chi connectivity index (χ1) is 11.4. The maximum absolute atomic E-state index is 12.5. The number of carbonyl (C=O) groups excluding carboxylic acids is 1. The summed E-state index contributed by atoms with van der Waals surface area (Å²) in [5.41, 5.74) is 4.40. The second-order valence-corrected chi connectivity index (χ2v) is 6.48. The number of nitrogens with one attached hydrogen (secondary N) is 1. The van der Waals surface area contributed by atoms with Gasteiger partial charge in [0.2, 0.25) is 5.91 Å². The van der Waals surface area contributed by atoms with Gasteiger partial charge in [-0.3, -0.25) is 4.79 Å². The molecule has 0 saturated heterocycles. The lowest BCUT2D eigenvalue weighted by Crippen LogP contribution is -2.18. The first kappa shape index (κ1) is 16.4. The molecule has 0 aliphatic carbocycles. The van der Waals surface area contributed by atoms with Crippen LogP contribution in [0.1, 0.15) is 11.1 Å². The van der Waals surface area contributed by atoms with Crippen molar-refractivity contribution in [1.29, 1.82) is 0 Å². The zero-order valence-electron chi connectivity index (χ0n) is 13.9. The van der Waals surface area contributed by atoms with Crippen molar-refractivity contribution in [2.75, 3.05) is 24.3 Å². The number of halogens is 1. The summed E-state index contributed by atoms with van der Waals surface area (Å²) in [5.74, 6) is -0.108. The van der Waals surface area contributed by atoms with E-state index < -0.39 is 0 Å². The molecule has 4 nitrogen and oxygen atoms in total. The van der Waals surface area contributed by atoms with E-state index in [0.717, 1.165) is 27.8 Å². The van der Waals surface area contributed by atoms with Crippen LogP contribution in [0.25, 0.3) is 11.0 Å². The number of hydrogen-bond acceptors (Lipinski definition) is 3. The molecule has 24 heavy (non-hydrogen) atoms. The summed E-state index contributed by atoms with van der Waals surface area (Å²) in [6, 6.07) is 11.4. The fourth-order valence-corrected chi connectivity index (χ4v) is 2.87. The van der Waals surface area contributed by atoms with Crippen LogP contribution in [0.2, 0.25) is 5.02 Å². The molecule has 3 aromatic rings. The zero-order valence-corrected chi connectivity index (χ0v) is 14.6. The Morgan fingerprint density at radius 3 is 2.75 bits per heavy atom. The maximum Gasteiger partial charge on any atom is 0.228 e. The molecule has 0 bridgehead atoms. The zero-order chi connectivity index (χ0) is 17.3. The van der Waals surface area contributed by atoms with Gasteiger partial charge >= 0.3 is 0 Å². The molecule has 124 valence electrons. The number of furan rings is 1. The number of nitrogens with zero attached hydrogens (tertiary/aromatic N) is 1. The highest BCUT2D eigenvalue weighted by Crippen LogP contribution is 2.28. The number of fused-ring (bicyclic) bond motifs is 1. The summed E-state index contributed by atoms with van der Waals surface area (Å²) < 4.78 is 5.55. The quantitative estimate of drug-likeness (QED) is 0.751. The molecule has 2 aromatic carbocycles. The van der Waals surface area contributed by atoms with Crippen molar-refractivity contribution >= 4 is 39.9 Å². The highest BCUT2D eigenvalue weighted by atomic mass is 35.5. The van der Waals surface area contributed by atoms with Crippen LogP contribution < -0.4 is 10.2 Å². The molecule has 0 spiro atoms. The van der Waals surface area contributed by atoms with Gasteiger partial charge in [-0.15, -0.1) is 0 Å². The standard InChI is InChI=1S/C19H19ClN2O2/c1-12-4-6-15-13(11-24-18(15)8-12)9-19(23)21-16-10-14(20)5-7-17(16)22(2)3/h4-8,10-11H,9H2,1-3H3,(H,21,23). The Kier molecular flexibility index (Phi) is 4.49. The summed E-state index contributed by atoms with van der Waals surface area (Å²) in [4.78, 5) is 14.4. The van der Waals surface area contributed by atoms with E-state index in [2.05, 4.69) is 5.32 Å². The number of amides is 1. The molecule has 3 rings (SSSR count). The van der Waals surface area contributed by atoms with E-state index in [1.165, 1.54) is 0 Å². The molecule has 1 aromatic heterocycles. The van der Waals surface area contributed by atoms with Crippen molar-refractivity contribution in [1.82, 2.24) is 0 Å². The Morgan fingerprint density at radius 1 is 1.21 bits per heavy atom. The highest BCUT2D eigenvalue weighted by Gasteiger charge is 2.13. The van der Waals surface area contributed by atoms with Gasteiger partial charge in [-0.05, 0) is 36.8 Å². The van der Waals surface area contributed by atoms with Crippen molar-refractivity contribution in [3.8, 4) is 0 Å². The Bertz CT molecular complexity index is 900. The number of benzene rings is 2. The Labute approximate surface area is 146 Å². The molecule has 1 amide bonds. The molecule has 0 aliphatic heterocycles. The van der Waals surface area contributed by atoms with Gasteiger partial charge in [0.15, 0.2) is 0 Å². The summed E-state index contributed by atoms with van der Waals surface area (Å²) in [6.45, 7) is 2.01. The van der Waals surface area contributed by atoms with E-state index in [1.807, 2.05) is 50.2 Å². The van der Waals surface area contributed by atoms with Crippen molar-refractivity contribution in [2.24, 2.45) is 0 Å². The molecular weight excluding hydrogens is 324 g/mol. The summed E-state index contributed by atoms with van der Waals surface area (Å²) in [5, 5.41) is 4.49. The van der Waals surface area contributed by atoms with E-state index in [1.54, 1.807) is 18.4 Å². The minimum atomic E-state index is -0.108. The largest absolute Gasteiger partial charge is 0.464 e. The van der Waals surface area contributed by atoms with Crippen LogP contribution in [0.15, 0.2) is 47.1 Å². The van der Waals surface area contributed by atoms with Gasteiger partial charge in [0, 0.05) is 30.1 Å². The molecule has 0 radical (unpaired) electrons. The Hall–Kier alpha value is -2.46. The van der Waals surface area contributed by atoms with Crippen molar-refractivity contribution < 1.29 is 9.21 Å². The average Bonchev–Trinajstić information content (AvgIpc) is 2.89. The smallest absolute Gasteiger partial charge is 0.228 e. The van der Waals surface area contributed by atoms with E-state index in [0.29, 0.717) is 10.7 Å². The Balaban J connectivity index is 1.82. The van der Waals surface area contributed by atoms with Crippen LogP contribution in [-0.2, 0) is 11.2 Å². The number of rotatable bonds is 4. The first-order valence-corrected chi connectivity index (χ1v) is 8.05. The SMILES string of the molecule is Cc1ccc2c(CC(=O)Nc3cc(Cl)ccc3N(C)C)coc2c1. The van der Waals surface area contributed by atoms with Crippen LogP contribution in [0.4, 0.5) is 11.4 Å². The monoisotopic (exact) mass is 342 g/mol. The molecule has 5 heteroatoms. The summed E-state index contributed by atoms with van der Waals surface area (Å²) >= 11 is 6.06. The van der Waals surface area contributed by atoms with E-state index in [-0.39, 0.29) is 12.3 Å². The van der Waals surface area contributed by atoms with Crippen LogP contribution in [0.3, 0.4) is 0 Å². The normalized spacial score (nSPS) is 10.8. The Morgan fingerprint density at radius 2 is 2.00 bits per heavy atom. The van der Waals surface area contributed by atoms with Crippen molar-refractivity contribution in [2.45, 2.75) is 13.3 Å². The molecule has 0 saturated carbocycles. The minimum absolute atomic E-state index is 0.108. The van der Waals surface area contributed by atoms with E-state index in [4.69, 9.17) is 16.0 Å². The van der Waals surface area contributed by atoms with Gasteiger partial charge in [-0.25, -0.2) is 0 Å². The van der Waals surface area contributed by atoms with Crippen LogP contribution in [-0.4, -0.2) is 20.0 Å². The van der Waals surface area contributed by atoms with Crippen molar-refractivity contribution in [3.63, 3.8) is 0 Å². The third-order valence-electron chi connectivity index (χ3n) is 3.88. The lowest BCUT2D eigenvalue weighted by molar-refractivity contribution is -0.115. The van der Waals surface area contributed by atoms with Gasteiger partial charge < -0.3 is 14.6 Å². The summed E-state index contributed by atoms with van der Waals surface area (Å²) in [7, 11) is 3.84. The third kappa shape index (κ3) is 3.39. The van der Waals surface area contributed by atoms with Gasteiger partial charge in [-0.1, -0.05) is 23.7 Å². The molecule has 1 heterocycles. The van der Waals surface area contributed by atoms with Crippen LogP contribution >= 0.6 is 11.6 Å². The summed E-state index contributed by atoms with van der Waals surface area (Å²) in [6.07, 6.45) is 1.89. The lowest BCUT2D eigenvalue weighted by Gasteiger charge is -2.18. The lowest BCUT2D eigenvalue weighted by atomic mass is 10.1. The predicted molar refractivity (Wildman–Crippen MR) is 99.1 cm³/mol. The molecular formula is C19H19ClN2O2. The van der Waals surface area contributed by atoms with Gasteiger partial charge in [0.25, 0.3) is 0 Å². The van der Waals surface area contributed by atoms with E-state index in [9.17, 15) is 4.79 Å². The fourth-order valence-electron chi connectivity index (χ4n) is 2.69. The number of hydrogen-bond donors (Lipinski definition) is 1. The molecule has 0 aliphatic rings. The third-order valence-corrected chi connectivity index (χ3v) is 4.11. The van der Waals surface area contributed by atoms with Crippen LogP contribution in [0, 0.1) is 6.92 Å². The first-order valence-electron chi connectivity index (χ1n) is 7.67. The fraction of sp³-hybridized carbons (Fsp3) is 0.211. The van der Waals surface area contributed by atoms with E-state index >= 15 is 0 Å². The average molecular weight is 343 g/mol. The van der Waals surface area contributed by atoms with Gasteiger partial charge in [0.1, 0.15) is 5.58 Å². The number of anilines is 2. The second kappa shape index (κ2) is 6.57. The maximum atomic E-state index is 12.5. The second-order valence-electron chi connectivity index (χ2n) is 6.04. The highest BCUT2D eigenvalue weighted by molar-refractivity contribution is 6.31. The van der Waals surface area contributed by atoms with Crippen molar-refractivity contribution in [3.05, 3.63) is 58.8 Å². The minimum Gasteiger partial charge on any atom is -0.464 e. The predicted octanol–water partition coefficient (Wildman–Crippen LogP) is 4.64. The van der Waals surface area contributed by atoms with Crippen LogP contribution in [0.5, 0.6) is 0 Å². The number of aryl methyl sites for hydroxylation is 1. The molecule has 0 atom stereocenters.